The van der Waals surface area contributed by atoms with E-state index in [0.29, 0.717) is 10.9 Å². The lowest BCUT2D eigenvalue weighted by Crippen LogP contribution is -1.78. The van der Waals surface area contributed by atoms with Gasteiger partial charge in [0.1, 0.15) is 5.52 Å². The van der Waals surface area contributed by atoms with E-state index in [4.69, 9.17) is 16.0 Å². The second kappa shape index (κ2) is 3.65. The van der Waals surface area contributed by atoms with E-state index < -0.39 is 0 Å². The third-order valence-corrected chi connectivity index (χ3v) is 2.64. The number of hydrogen-bond donors (Lipinski definition) is 0. The lowest BCUT2D eigenvalue weighted by Gasteiger charge is -1.96. The Hall–Kier alpha value is -1.80. The summed E-state index contributed by atoms with van der Waals surface area (Å²) in [6.45, 7) is 0. The molecule has 0 unspecified atom stereocenters. The molecule has 0 aliphatic rings. The highest BCUT2D eigenvalue weighted by Crippen LogP contribution is 2.29. The Morgan fingerprint density at radius 3 is 2.81 bits per heavy atom. The van der Waals surface area contributed by atoms with E-state index in [0.717, 1.165) is 16.7 Å². The van der Waals surface area contributed by atoms with Crippen molar-refractivity contribution in [3.8, 4) is 11.5 Å². The van der Waals surface area contributed by atoms with Crippen LogP contribution in [0.3, 0.4) is 0 Å². The molecule has 0 aliphatic heterocycles. The molecule has 1 radical (unpaired) electrons. The van der Waals surface area contributed by atoms with Gasteiger partial charge in [-0.25, -0.2) is 4.98 Å². The number of fused-ring (bicyclic) bond motifs is 1. The molecular weight excluding hydrogens is 222 g/mol. The molecule has 1 heterocycles. The fourth-order valence-electron chi connectivity index (χ4n) is 1.57. The lowest BCUT2D eigenvalue weighted by atomic mass is 10.2. The summed E-state index contributed by atoms with van der Waals surface area (Å²) in [6, 6.07) is 16.0. The molecule has 0 saturated carbocycles. The quantitative estimate of drug-likeness (QED) is 0.630. The maximum absolute atomic E-state index is 6.03. The van der Waals surface area contributed by atoms with Crippen LogP contribution < -0.4 is 0 Å². The summed E-state index contributed by atoms with van der Waals surface area (Å²) in [5.74, 6) is 0.531. The minimum absolute atomic E-state index is 0.522. The Morgan fingerprint density at radius 1 is 1.12 bits per heavy atom. The summed E-state index contributed by atoms with van der Waals surface area (Å²) < 4.78 is 5.62. The smallest absolute Gasteiger partial charge is 0.228 e. The van der Waals surface area contributed by atoms with Crippen molar-refractivity contribution < 1.29 is 4.42 Å². The molecule has 0 saturated heterocycles. The van der Waals surface area contributed by atoms with Gasteiger partial charge in [0.15, 0.2) is 5.58 Å². The van der Waals surface area contributed by atoms with Gasteiger partial charge in [-0.15, -0.1) is 0 Å². The molecular formula is C13H7ClNO. The van der Waals surface area contributed by atoms with Gasteiger partial charge in [-0.2, -0.15) is 0 Å². The predicted molar refractivity (Wildman–Crippen MR) is 63.3 cm³/mol. The van der Waals surface area contributed by atoms with Crippen LogP contribution in [0.2, 0.25) is 5.02 Å². The van der Waals surface area contributed by atoms with E-state index in [1.165, 1.54) is 0 Å². The molecule has 3 aromatic rings. The van der Waals surface area contributed by atoms with Gasteiger partial charge in [0.2, 0.25) is 5.89 Å². The monoisotopic (exact) mass is 228 g/mol. The fraction of sp³-hybridized carbons (Fsp3) is 0. The summed E-state index contributed by atoms with van der Waals surface area (Å²) in [7, 11) is 0. The van der Waals surface area contributed by atoms with Gasteiger partial charge in [0, 0.05) is 6.07 Å². The van der Waals surface area contributed by atoms with E-state index in [1.54, 1.807) is 6.07 Å². The van der Waals surface area contributed by atoms with Crippen LogP contribution in [0.4, 0.5) is 0 Å². The largest absolute Gasteiger partial charge is 0.436 e. The van der Waals surface area contributed by atoms with Crippen LogP contribution in [-0.4, -0.2) is 4.98 Å². The van der Waals surface area contributed by atoms with Crippen LogP contribution in [0.15, 0.2) is 46.9 Å². The van der Waals surface area contributed by atoms with Crippen molar-refractivity contribution in [3.05, 3.63) is 53.6 Å². The third kappa shape index (κ3) is 1.48. The lowest BCUT2D eigenvalue weighted by molar-refractivity contribution is 0.620. The fourth-order valence-corrected chi connectivity index (χ4v) is 1.78. The van der Waals surface area contributed by atoms with Crippen LogP contribution in [0.1, 0.15) is 0 Å². The summed E-state index contributed by atoms with van der Waals surface area (Å²) >= 11 is 6.03. The minimum Gasteiger partial charge on any atom is -0.436 e. The SMILES string of the molecule is Clc1[c]cccc1-c1nc2ccccc2o1. The van der Waals surface area contributed by atoms with Crippen molar-refractivity contribution >= 4 is 22.7 Å². The summed E-state index contributed by atoms with van der Waals surface area (Å²) in [5, 5.41) is 0.522. The normalized spacial score (nSPS) is 10.8. The highest BCUT2D eigenvalue weighted by atomic mass is 35.5. The summed E-state index contributed by atoms with van der Waals surface area (Å²) in [5.41, 5.74) is 2.36. The highest BCUT2D eigenvalue weighted by molar-refractivity contribution is 6.33. The van der Waals surface area contributed by atoms with Gasteiger partial charge >= 0.3 is 0 Å². The second-order valence-electron chi connectivity index (χ2n) is 3.38. The number of aromatic nitrogens is 1. The Kier molecular flexibility index (Phi) is 2.15. The predicted octanol–water partition coefficient (Wildman–Crippen LogP) is 3.95. The maximum atomic E-state index is 6.03. The van der Waals surface area contributed by atoms with E-state index >= 15 is 0 Å². The first-order valence-electron chi connectivity index (χ1n) is 4.87. The highest BCUT2D eigenvalue weighted by Gasteiger charge is 2.10. The Bertz CT molecular complexity index is 612. The molecule has 0 N–H and O–H groups in total. The van der Waals surface area contributed by atoms with Crippen molar-refractivity contribution in [1.82, 2.24) is 4.98 Å². The zero-order valence-corrected chi connectivity index (χ0v) is 9.03. The first-order chi connectivity index (χ1) is 7.84. The molecule has 0 bridgehead atoms. The van der Waals surface area contributed by atoms with Crippen molar-refractivity contribution in [1.29, 1.82) is 0 Å². The van der Waals surface area contributed by atoms with Crippen molar-refractivity contribution in [2.45, 2.75) is 0 Å². The molecule has 3 heteroatoms. The third-order valence-electron chi connectivity index (χ3n) is 2.33. The first kappa shape index (κ1) is 9.43. The number of oxazole rings is 1. The molecule has 3 rings (SSSR count). The van der Waals surface area contributed by atoms with Gasteiger partial charge in [0.25, 0.3) is 0 Å². The Balaban J connectivity index is 2.23. The van der Waals surface area contributed by atoms with Gasteiger partial charge in [-0.05, 0) is 18.2 Å². The molecule has 2 nitrogen and oxygen atoms in total. The zero-order chi connectivity index (χ0) is 11.0. The average molecular weight is 229 g/mol. The van der Waals surface area contributed by atoms with Crippen LogP contribution in [-0.2, 0) is 0 Å². The van der Waals surface area contributed by atoms with Crippen molar-refractivity contribution in [3.63, 3.8) is 0 Å². The number of nitrogens with zero attached hydrogens (tertiary/aromatic N) is 1. The van der Waals surface area contributed by atoms with Crippen LogP contribution in [0.5, 0.6) is 0 Å². The molecule has 77 valence electrons. The molecule has 0 aliphatic carbocycles. The van der Waals surface area contributed by atoms with E-state index in [-0.39, 0.29) is 0 Å². The minimum atomic E-state index is 0.522. The average Bonchev–Trinajstić information content (AvgIpc) is 2.73. The van der Waals surface area contributed by atoms with Crippen molar-refractivity contribution in [2.75, 3.05) is 0 Å². The first-order valence-corrected chi connectivity index (χ1v) is 5.24. The maximum Gasteiger partial charge on any atom is 0.228 e. The Labute approximate surface area is 97.5 Å². The van der Waals surface area contributed by atoms with E-state index in [1.807, 2.05) is 36.4 Å². The Morgan fingerprint density at radius 2 is 2.00 bits per heavy atom. The molecule has 1 aromatic heterocycles. The number of hydrogen-bond acceptors (Lipinski definition) is 2. The van der Waals surface area contributed by atoms with Crippen molar-refractivity contribution in [2.24, 2.45) is 0 Å². The van der Waals surface area contributed by atoms with E-state index in [2.05, 4.69) is 11.1 Å². The van der Waals surface area contributed by atoms with E-state index in [9.17, 15) is 0 Å². The number of rotatable bonds is 1. The number of benzene rings is 2. The molecule has 0 amide bonds. The zero-order valence-electron chi connectivity index (χ0n) is 8.27. The van der Waals surface area contributed by atoms with Crippen LogP contribution in [0.25, 0.3) is 22.6 Å². The van der Waals surface area contributed by atoms with Crippen LogP contribution >= 0.6 is 11.6 Å². The number of halogens is 1. The molecule has 0 spiro atoms. The van der Waals surface area contributed by atoms with Gasteiger partial charge in [-0.3, -0.25) is 0 Å². The van der Waals surface area contributed by atoms with Gasteiger partial charge in [0.05, 0.1) is 10.6 Å². The molecule has 0 atom stereocenters. The standard InChI is InChI=1S/C13H7ClNO/c14-10-6-2-1-5-9(10)13-15-11-7-3-4-8-12(11)16-13/h1-5,7-8H. The van der Waals surface area contributed by atoms with Crippen LogP contribution in [0, 0.1) is 6.07 Å². The molecule has 0 fully saturated rings. The summed E-state index contributed by atoms with van der Waals surface area (Å²) in [6.07, 6.45) is 0. The number of para-hydroxylation sites is 2. The van der Waals surface area contributed by atoms with Gasteiger partial charge in [-0.1, -0.05) is 35.9 Å². The summed E-state index contributed by atoms with van der Waals surface area (Å²) in [4.78, 5) is 4.37. The molecule has 2 aromatic carbocycles. The second-order valence-corrected chi connectivity index (χ2v) is 3.76. The van der Waals surface area contributed by atoms with Gasteiger partial charge < -0.3 is 4.42 Å². The molecule has 16 heavy (non-hydrogen) atoms. The topological polar surface area (TPSA) is 26.0 Å².